The van der Waals surface area contributed by atoms with Gasteiger partial charge in [0, 0.05) is 10.0 Å². The zero-order chi connectivity index (χ0) is 22.0. The van der Waals surface area contributed by atoms with Gasteiger partial charge in [-0.1, -0.05) is 15.9 Å². The second-order valence-electron chi connectivity index (χ2n) is 8.18. The molecule has 2 aromatic rings. The van der Waals surface area contributed by atoms with Crippen molar-refractivity contribution in [2.75, 3.05) is 4.90 Å². The number of hydrogen-bond donors (Lipinski definition) is 0. The molecule has 7 nitrogen and oxygen atoms in total. The van der Waals surface area contributed by atoms with Crippen LogP contribution in [0.25, 0.3) is 11.3 Å². The van der Waals surface area contributed by atoms with E-state index in [9.17, 15) is 14.0 Å². The number of aromatic nitrogens is 2. The number of benzene rings is 1. The average Bonchev–Trinajstić information content (AvgIpc) is 2.52. The predicted octanol–water partition coefficient (Wildman–Crippen LogP) is 5.72. The van der Waals surface area contributed by atoms with Gasteiger partial charge in [0.25, 0.3) is 0 Å². The molecule has 0 atom stereocenters. The van der Waals surface area contributed by atoms with E-state index in [0.29, 0.717) is 9.37 Å². The standard InChI is InChI=1S/C20H23BrFN3O4/c1-19(2,3)28-17(26)25(18(27)29-20(4,5)6)16-11-23-15(10-24-16)13-8-7-12(21)9-14(13)22/h7-11H,1-6H3. The Bertz CT molecular complexity index is 877. The van der Waals surface area contributed by atoms with Crippen molar-refractivity contribution in [3.05, 3.63) is 40.9 Å². The maximum Gasteiger partial charge on any atom is 0.425 e. The van der Waals surface area contributed by atoms with E-state index in [2.05, 4.69) is 25.9 Å². The van der Waals surface area contributed by atoms with E-state index in [0.717, 1.165) is 0 Å². The van der Waals surface area contributed by atoms with Crippen LogP contribution in [-0.2, 0) is 9.47 Å². The highest BCUT2D eigenvalue weighted by Gasteiger charge is 2.33. The van der Waals surface area contributed by atoms with Crippen LogP contribution in [0.3, 0.4) is 0 Å². The van der Waals surface area contributed by atoms with Crippen molar-refractivity contribution < 1.29 is 23.5 Å². The number of amides is 2. The van der Waals surface area contributed by atoms with Gasteiger partial charge in [-0.2, -0.15) is 4.90 Å². The molecule has 0 fully saturated rings. The van der Waals surface area contributed by atoms with Crippen LogP contribution < -0.4 is 4.90 Å². The highest BCUT2D eigenvalue weighted by Crippen LogP contribution is 2.25. The van der Waals surface area contributed by atoms with E-state index in [1.165, 1.54) is 18.5 Å². The van der Waals surface area contributed by atoms with Crippen molar-refractivity contribution in [1.29, 1.82) is 0 Å². The second-order valence-corrected chi connectivity index (χ2v) is 9.10. The number of carbonyl (C=O) groups excluding carboxylic acids is 2. The molecule has 0 radical (unpaired) electrons. The zero-order valence-electron chi connectivity index (χ0n) is 17.1. The highest BCUT2D eigenvalue weighted by molar-refractivity contribution is 9.10. The van der Waals surface area contributed by atoms with Crippen molar-refractivity contribution in [3.63, 3.8) is 0 Å². The number of imide groups is 1. The molecule has 9 heteroatoms. The first-order valence-corrected chi connectivity index (χ1v) is 9.60. The molecule has 0 aliphatic rings. The largest absolute Gasteiger partial charge is 0.443 e. The van der Waals surface area contributed by atoms with E-state index in [4.69, 9.17) is 9.47 Å². The lowest BCUT2D eigenvalue weighted by Crippen LogP contribution is -2.44. The molecule has 0 spiro atoms. The predicted molar refractivity (Wildman–Crippen MR) is 110 cm³/mol. The molecule has 2 amide bonds. The molecule has 0 unspecified atom stereocenters. The van der Waals surface area contributed by atoms with Crippen LogP contribution in [0.5, 0.6) is 0 Å². The monoisotopic (exact) mass is 467 g/mol. The Labute approximate surface area is 177 Å². The van der Waals surface area contributed by atoms with Crippen LogP contribution in [0.2, 0.25) is 0 Å². The number of carbonyl (C=O) groups is 2. The zero-order valence-corrected chi connectivity index (χ0v) is 18.7. The lowest BCUT2D eigenvalue weighted by Gasteiger charge is -2.27. The van der Waals surface area contributed by atoms with E-state index < -0.39 is 29.2 Å². The lowest BCUT2D eigenvalue weighted by molar-refractivity contribution is 0.0429. The SMILES string of the molecule is CC(C)(C)OC(=O)N(C(=O)OC(C)(C)C)c1cnc(-c2ccc(Br)cc2F)cn1. The molecule has 2 rings (SSSR count). The number of ether oxygens (including phenoxy) is 2. The van der Waals surface area contributed by atoms with Gasteiger partial charge >= 0.3 is 12.2 Å². The van der Waals surface area contributed by atoms with Gasteiger partial charge in [-0.15, -0.1) is 0 Å². The first-order chi connectivity index (χ1) is 13.3. The van der Waals surface area contributed by atoms with Crippen molar-refractivity contribution in [3.8, 4) is 11.3 Å². The van der Waals surface area contributed by atoms with Crippen molar-refractivity contribution in [2.45, 2.75) is 52.7 Å². The van der Waals surface area contributed by atoms with E-state index in [1.54, 1.807) is 53.7 Å². The van der Waals surface area contributed by atoms with Crippen LogP contribution in [0, 0.1) is 5.82 Å². The van der Waals surface area contributed by atoms with Crippen LogP contribution in [0.4, 0.5) is 19.8 Å². The average molecular weight is 468 g/mol. The molecule has 0 N–H and O–H groups in total. The Kier molecular flexibility index (Phi) is 6.62. The summed E-state index contributed by atoms with van der Waals surface area (Å²) in [7, 11) is 0. The topological polar surface area (TPSA) is 81.6 Å². The molecule has 1 aromatic carbocycles. The molecular formula is C20H23BrFN3O4. The van der Waals surface area contributed by atoms with Gasteiger partial charge in [0.05, 0.1) is 18.1 Å². The molecule has 1 heterocycles. The molecule has 29 heavy (non-hydrogen) atoms. The van der Waals surface area contributed by atoms with Gasteiger partial charge in [0.15, 0.2) is 5.82 Å². The summed E-state index contributed by atoms with van der Waals surface area (Å²) in [5.74, 6) is -0.590. The fourth-order valence-electron chi connectivity index (χ4n) is 2.15. The smallest absolute Gasteiger partial charge is 0.425 e. The van der Waals surface area contributed by atoms with Gasteiger partial charge in [-0.3, -0.25) is 4.98 Å². The van der Waals surface area contributed by atoms with Crippen molar-refractivity contribution in [1.82, 2.24) is 9.97 Å². The Morgan fingerprint density at radius 3 is 1.93 bits per heavy atom. The maximum atomic E-state index is 14.2. The van der Waals surface area contributed by atoms with Gasteiger partial charge < -0.3 is 9.47 Å². The molecule has 0 aliphatic carbocycles. The normalized spacial score (nSPS) is 11.7. The Morgan fingerprint density at radius 2 is 1.52 bits per heavy atom. The minimum Gasteiger partial charge on any atom is -0.443 e. The van der Waals surface area contributed by atoms with Crippen molar-refractivity contribution >= 4 is 33.9 Å². The maximum absolute atomic E-state index is 14.2. The first-order valence-electron chi connectivity index (χ1n) is 8.80. The number of nitrogens with zero attached hydrogens (tertiary/aromatic N) is 3. The summed E-state index contributed by atoms with van der Waals surface area (Å²) in [6, 6.07) is 4.52. The first kappa shape index (κ1) is 22.7. The summed E-state index contributed by atoms with van der Waals surface area (Å²) < 4.78 is 25.3. The van der Waals surface area contributed by atoms with Gasteiger partial charge in [-0.25, -0.2) is 19.0 Å². The van der Waals surface area contributed by atoms with Crippen LogP contribution in [0.1, 0.15) is 41.5 Å². The van der Waals surface area contributed by atoms with Crippen LogP contribution >= 0.6 is 15.9 Å². The third kappa shape index (κ3) is 6.49. The molecule has 156 valence electrons. The van der Waals surface area contributed by atoms with Gasteiger partial charge in [0.2, 0.25) is 0 Å². The van der Waals surface area contributed by atoms with E-state index in [1.807, 2.05) is 0 Å². The molecule has 0 saturated carbocycles. The molecule has 0 saturated heterocycles. The second kappa shape index (κ2) is 8.44. The molecular weight excluding hydrogens is 445 g/mol. The number of anilines is 1. The quantitative estimate of drug-likeness (QED) is 0.561. The van der Waals surface area contributed by atoms with Crippen LogP contribution in [0.15, 0.2) is 35.1 Å². The number of halogens is 2. The minimum absolute atomic E-state index is 0.102. The molecule has 0 aliphatic heterocycles. The van der Waals surface area contributed by atoms with Crippen LogP contribution in [-0.4, -0.2) is 33.4 Å². The fourth-order valence-corrected chi connectivity index (χ4v) is 2.48. The summed E-state index contributed by atoms with van der Waals surface area (Å²) in [6.45, 7) is 10.0. The fraction of sp³-hybridized carbons (Fsp3) is 0.400. The molecule has 1 aromatic heterocycles. The Balaban J connectivity index is 2.39. The summed E-state index contributed by atoms with van der Waals surface area (Å²) in [4.78, 5) is 34.1. The third-order valence-corrected chi connectivity index (χ3v) is 3.72. The van der Waals surface area contributed by atoms with Gasteiger partial charge in [-0.05, 0) is 59.7 Å². The molecule has 0 bridgehead atoms. The number of rotatable bonds is 2. The highest BCUT2D eigenvalue weighted by atomic mass is 79.9. The minimum atomic E-state index is -0.955. The summed E-state index contributed by atoms with van der Waals surface area (Å²) in [6.07, 6.45) is 0.542. The Morgan fingerprint density at radius 1 is 0.966 bits per heavy atom. The summed E-state index contributed by atoms with van der Waals surface area (Å²) in [5, 5.41) is 0. The van der Waals surface area contributed by atoms with E-state index in [-0.39, 0.29) is 17.1 Å². The number of hydrogen-bond acceptors (Lipinski definition) is 6. The third-order valence-electron chi connectivity index (χ3n) is 3.23. The summed E-state index contributed by atoms with van der Waals surface area (Å²) >= 11 is 3.19. The van der Waals surface area contributed by atoms with Crippen molar-refractivity contribution in [2.24, 2.45) is 0 Å². The lowest BCUT2D eigenvalue weighted by atomic mass is 10.1. The van der Waals surface area contributed by atoms with E-state index >= 15 is 0 Å². The summed E-state index contributed by atoms with van der Waals surface area (Å²) in [5.41, 5.74) is -1.21. The Hall–Kier alpha value is -2.55. The van der Waals surface area contributed by atoms with Gasteiger partial charge in [0.1, 0.15) is 17.0 Å².